The molecule has 0 N–H and O–H groups in total. The molecule has 3 aliphatic heterocycles. The van der Waals surface area contributed by atoms with Crippen LogP contribution >= 0.6 is 0 Å². The van der Waals surface area contributed by atoms with Gasteiger partial charge in [0.1, 0.15) is 23.5 Å². The van der Waals surface area contributed by atoms with Gasteiger partial charge in [0.2, 0.25) is 0 Å². The number of ether oxygens (including phenoxy) is 1. The number of hydrogen-bond donors (Lipinski definition) is 0. The normalized spacial score (nSPS) is 21.0. The highest BCUT2D eigenvalue weighted by Crippen LogP contribution is 2.36. The Balaban J connectivity index is 1.65. The molecule has 0 saturated carbocycles. The predicted molar refractivity (Wildman–Crippen MR) is 106 cm³/mol. The first-order chi connectivity index (χ1) is 13.2. The van der Waals surface area contributed by atoms with E-state index in [1.807, 2.05) is 31.2 Å². The van der Waals surface area contributed by atoms with Gasteiger partial charge in [-0.2, -0.15) is 10.5 Å². The monoisotopic (exact) mass is 357 g/mol. The van der Waals surface area contributed by atoms with Crippen LogP contribution in [0.25, 0.3) is 6.08 Å². The summed E-state index contributed by atoms with van der Waals surface area (Å²) in [6.07, 6.45) is 11.2. The largest absolute Gasteiger partial charge is 0.490 e. The van der Waals surface area contributed by atoms with Gasteiger partial charge >= 0.3 is 0 Å². The zero-order valence-corrected chi connectivity index (χ0v) is 15.7. The Morgan fingerprint density at radius 3 is 2.41 bits per heavy atom. The third-order valence-electron chi connectivity index (χ3n) is 5.50. The van der Waals surface area contributed by atoms with Crippen molar-refractivity contribution in [1.82, 2.24) is 0 Å². The molecule has 1 aromatic rings. The van der Waals surface area contributed by atoms with Crippen LogP contribution in [0.2, 0.25) is 0 Å². The van der Waals surface area contributed by atoms with E-state index < -0.39 is 0 Å². The van der Waals surface area contributed by atoms with Gasteiger partial charge in [0, 0.05) is 25.2 Å². The van der Waals surface area contributed by atoms with Crippen LogP contribution in [0, 0.1) is 22.7 Å². The molecule has 0 aliphatic carbocycles. The van der Waals surface area contributed by atoms with Crippen LogP contribution in [0.5, 0.6) is 0 Å². The smallest absolute Gasteiger partial charge is 0.133 e. The summed E-state index contributed by atoms with van der Waals surface area (Å²) < 4.78 is 5.89. The maximum atomic E-state index is 9.13. The lowest BCUT2D eigenvalue weighted by Crippen LogP contribution is -2.34. The van der Waals surface area contributed by atoms with Gasteiger partial charge in [-0.15, -0.1) is 0 Å². The Kier molecular flexibility index (Phi) is 4.73. The Morgan fingerprint density at radius 1 is 1.11 bits per heavy atom. The third-order valence-corrected chi connectivity index (χ3v) is 5.50. The van der Waals surface area contributed by atoms with Gasteiger partial charge in [0.05, 0.1) is 6.10 Å². The summed E-state index contributed by atoms with van der Waals surface area (Å²) in [6.45, 7) is 4.33. The van der Waals surface area contributed by atoms with Crippen LogP contribution in [-0.4, -0.2) is 19.2 Å². The Bertz CT molecular complexity index is 892. The van der Waals surface area contributed by atoms with E-state index in [2.05, 4.69) is 23.1 Å². The molecule has 1 unspecified atom stereocenters. The molecule has 0 amide bonds. The maximum absolute atomic E-state index is 9.13. The first-order valence-corrected chi connectivity index (χ1v) is 9.68. The van der Waals surface area contributed by atoms with Gasteiger partial charge in [-0.1, -0.05) is 6.08 Å². The number of nitriles is 2. The van der Waals surface area contributed by atoms with E-state index in [1.165, 1.54) is 48.3 Å². The van der Waals surface area contributed by atoms with E-state index in [1.54, 1.807) is 0 Å². The third kappa shape index (κ3) is 3.49. The number of anilines is 1. The molecule has 1 atom stereocenters. The second-order valence-corrected chi connectivity index (χ2v) is 7.52. The van der Waals surface area contributed by atoms with Gasteiger partial charge in [-0.05, 0) is 79.2 Å². The molecule has 4 heteroatoms. The fourth-order valence-electron chi connectivity index (χ4n) is 4.38. The predicted octanol–water partition coefficient (Wildman–Crippen LogP) is 4.44. The van der Waals surface area contributed by atoms with Crippen LogP contribution in [0.15, 0.2) is 41.2 Å². The molecule has 3 aliphatic rings. The fraction of sp³-hybridized carbons (Fsp3) is 0.391. The van der Waals surface area contributed by atoms with Crippen molar-refractivity contribution < 1.29 is 4.74 Å². The molecule has 0 aromatic heterocycles. The second kappa shape index (κ2) is 7.33. The molecule has 0 fully saturated rings. The quantitative estimate of drug-likeness (QED) is 0.735. The summed E-state index contributed by atoms with van der Waals surface area (Å²) in [7, 11) is 0. The van der Waals surface area contributed by atoms with Gasteiger partial charge in [0.15, 0.2) is 0 Å². The number of rotatable bonds is 2. The molecule has 3 heterocycles. The summed E-state index contributed by atoms with van der Waals surface area (Å²) in [4.78, 5) is 2.54. The standard InChI is InChI=1S/C23H23N3O/c1-16-10-20(21(14-24)15-25)13-22(27-16)7-6-17-11-18-4-2-8-26-9-3-5-19(12-17)23(18)26/h6-7,11-13,16H,2-5,8-10H2,1H3/b7-6+. The van der Waals surface area contributed by atoms with E-state index in [9.17, 15) is 0 Å². The zero-order chi connectivity index (χ0) is 18.8. The number of aryl methyl sites for hydroxylation is 2. The molecular formula is C23H23N3O. The summed E-state index contributed by atoms with van der Waals surface area (Å²) >= 11 is 0. The van der Waals surface area contributed by atoms with Crippen LogP contribution < -0.4 is 4.90 Å². The van der Waals surface area contributed by atoms with E-state index >= 15 is 0 Å². The number of allylic oxidation sites excluding steroid dienone is 3. The fourth-order valence-corrected chi connectivity index (χ4v) is 4.38. The summed E-state index contributed by atoms with van der Waals surface area (Å²) in [6, 6.07) is 8.57. The molecule has 136 valence electrons. The second-order valence-electron chi connectivity index (χ2n) is 7.52. The lowest BCUT2D eigenvalue weighted by molar-refractivity contribution is 0.133. The van der Waals surface area contributed by atoms with Crippen LogP contribution in [-0.2, 0) is 17.6 Å². The van der Waals surface area contributed by atoms with Gasteiger partial charge in [0.25, 0.3) is 0 Å². The Labute approximate surface area is 160 Å². The van der Waals surface area contributed by atoms with Crippen LogP contribution in [0.3, 0.4) is 0 Å². The van der Waals surface area contributed by atoms with E-state index in [4.69, 9.17) is 15.3 Å². The topological polar surface area (TPSA) is 60.0 Å². The van der Waals surface area contributed by atoms with Crippen molar-refractivity contribution in [2.75, 3.05) is 18.0 Å². The maximum Gasteiger partial charge on any atom is 0.133 e. The minimum Gasteiger partial charge on any atom is -0.490 e. The number of hydrogen-bond acceptors (Lipinski definition) is 4. The number of benzene rings is 1. The molecule has 0 bridgehead atoms. The highest BCUT2D eigenvalue weighted by Gasteiger charge is 2.24. The Hall–Kier alpha value is -2.98. The van der Waals surface area contributed by atoms with Crippen molar-refractivity contribution in [3.05, 3.63) is 57.9 Å². The minimum absolute atomic E-state index is 0.0420. The van der Waals surface area contributed by atoms with E-state index in [-0.39, 0.29) is 11.7 Å². The van der Waals surface area contributed by atoms with Crippen LogP contribution in [0.4, 0.5) is 5.69 Å². The molecule has 0 spiro atoms. The van der Waals surface area contributed by atoms with Gasteiger partial charge in [-0.25, -0.2) is 0 Å². The molecule has 0 saturated heterocycles. The van der Waals surface area contributed by atoms with Gasteiger partial charge < -0.3 is 9.64 Å². The first kappa shape index (κ1) is 17.4. The number of nitrogens with zero attached hydrogens (tertiary/aromatic N) is 3. The van der Waals surface area contributed by atoms with Crippen LogP contribution in [0.1, 0.15) is 42.9 Å². The van der Waals surface area contributed by atoms with Crippen molar-refractivity contribution in [3.8, 4) is 12.1 Å². The average molecular weight is 357 g/mol. The van der Waals surface area contributed by atoms with Crippen molar-refractivity contribution >= 4 is 11.8 Å². The first-order valence-electron chi connectivity index (χ1n) is 9.68. The lowest BCUT2D eigenvalue weighted by Gasteiger charge is -2.37. The zero-order valence-electron chi connectivity index (χ0n) is 15.7. The van der Waals surface area contributed by atoms with E-state index in [0.717, 1.165) is 18.4 Å². The highest BCUT2D eigenvalue weighted by molar-refractivity contribution is 5.68. The summed E-state index contributed by atoms with van der Waals surface area (Å²) in [5.41, 5.74) is 6.53. The molecule has 1 aromatic carbocycles. The SMILES string of the molecule is CC1CC(=C(C#N)C#N)C=C(/C=C/c2cc3c4c(c2)CCCN4CCC3)O1. The average Bonchev–Trinajstić information content (AvgIpc) is 2.67. The lowest BCUT2D eigenvalue weighted by atomic mass is 9.90. The summed E-state index contributed by atoms with van der Waals surface area (Å²) in [5.74, 6) is 0.708. The molecule has 4 rings (SSSR count). The van der Waals surface area contributed by atoms with Crippen molar-refractivity contribution in [2.24, 2.45) is 0 Å². The van der Waals surface area contributed by atoms with Crippen molar-refractivity contribution in [1.29, 1.82) is 10.5 Å². The minimum atomic E-state index is -0.0420. The van der Waals surface area contributed by atoms with Crippen molar-refractivity contribution in [3.63, 3.8) is 0 Å². The van der Waals surface area contributed by atoms with E-state index in [0.29, 0.717) is 12.2 Å². The van der Waals surface area contributed by atoms with Gasteiger partial charge in [-0.3, -0.25) is 0 Å². The summed E-state index contributed by atoms with van der Waals surface area (Å²) in [5, 5.41) is 18.3. The molecule has 27 heavy (non-hydrogen) atoms. The molecular weight excluding hydrogens is 334 g/mol. The highest BCUT2D eigenvalue weighted by atomic mass is 16.5. The molecule has 0 radical (unpaired) electrons. The Morgan fingerprint density at radius 2 is 1.78 bits per heavy atom. The van der Waals surface area contributed by atoms with Crippen molar-refractivity contribution in [2.45, 2.75) is 45.1 Å². The molecule has 4 nitrogen and oxygen atoms in total.